The van der Waals surface area contributed by atoms with Gasteiger partial charge in [-0.3, -0.25) is 4.90 Å². The number of fused-ring (bicyclic) bond motifs is 1. The Kier molecular flexibility index (Phi) is 11.9. The van der Waals surface area contributed by atoms with Crippen LogP contribution in [0.25, 0.3) is 10.9 Å². The molecule has 0 atom stereocenters. The van der Waals surface area contributed by atoms with E-state index in [-0.39, 0.29) is 22.1 Å². The van der Waals surface area contributed by atoms with Gasteiger partial charge in [0.25, 0.3) is 0 Å². The third kappa shape index (κ3) is 8.88. The van der Waals surface area contributed by atoms with Crippen LogP contribution in [0.3, 0.4) is 0 Å². The number of nitrogen functional groups attached to an aromatic ring is 1. The average molecular weight is 478 g/mol. The van der Waals surface area contributed by atoms with Gasteiger partial charge in [0.1, 0.15) is 5.75 Å². The predicted molar refractivity (Wildman–Crippen MR) is 128 cm³/mol. The van der Waals surface area contributed by atoms with Crippen LogP contribution in [0.4, 0.5) is 24.5 Å². The highest BCUT2D eigenvalue weighted by molar-refractivity contribution is 6.33. The first kappa shape index (κ1) is 28.1. The fraction of sp³-hybridized carbons (Fsp3) is 0.591. The van der Waals surface area contributed by atoms with Crippen molar-refractivity contribution in [3.63, 3.8) is 0 Å². The molecule has 0 unspecified atom stereocenters. The van der Waals surface area contributed by atoms with Crippen molar-refractivity contribution in [1.29, 1.82) is 0 Å². The van der Waals surface area contributed by atoms with E-state index in [0.717, 1.165) is 32.7 Å². The van der Waals surface area contributed by atoms with E-state index in [4.69, 9.17) is 17.3 Å². The van der Waals surface area contributed by atoms with Crippen LogP contribution in [0.1, 0.15) is 34.1 Å². The number of nitrogens with zero attached hydrogens (tertiary/aromatic N) is 3. The summed E-state index contributed by atoms with van der Waals surface area (Å²) in [6, 6.07) is 3.92. The van der Waals surface area contributed by atoms with Crippen molar-refractivity contribution in [3.8, 4) is 5.75 Å². The van der Waals surface area contributed by atoms with E-state index in [2.05, 4.69) is 45.7 Å². The molecule has 32 heavy (non-hydrogen) atoms. The predicted octanol–water partition coefficient (Wildman–Crippen LogP) is 5.47. The monoisotopic (exact) mass is 477 g/mol. The third-order valence-electron chi connectivity index (χ3n) is 4.51. The van der Waals surface area contributed by atoms with Crippen molar-refractivity contribution in [3.05, 3.63) is 23.4 Å². The van der Waals surface area contributed by atoms with E-state index in [0.29, 0.717) is 17.6 Å². The average Bonchev–Trinajstić information content (AvgIpc) is 2.73. The molecule has 6 nitrogen and oxygen atoms in total. The minimum atomic E-state index is -4.77. The van der Waals surface area contributed by atoms with E-state index in [1.807, 2.05) is 13.8 Å². The number of piperazine rings is 1. The molecule has 2 aromatic rings. The number of benzene rings is 1. The second-order valence-electron chi connectivity index (χ2n) is 7.20. The Morgan fingerprint density at radius 1 is 1.16 bits per heavy atom. The zero-order valence-corrected chi connectivity index (χ0v) is 20.3. The van der Waals surface area contributed by atoms with Crippen LogP contribution in [0, 0.1) is 0 Å². The van der Waals surface area contributed by atoms with Crippen LogP contribution in [0.5, 0.6) is 5.75 Å². The van der Waals surface area contributed by atoms with Gasteiger partial charge in [0.15, 0.2) is 5.15 Å². The molecule has 3 N–H and O–H groups in total. The molecule has 1 fully saturated rings. The Bertz CT molecular complexity index is 827. The molecular weight excluding hydrogens is 443 g/mol. The molecule has 1 aromatic heterocycles. The fourth-order valence-electron chi connectivity index (χ4n) is 3.03. The van der Waals surface area contributed by atoms with Gasteiger partial charge in [0.2, 0.25) is 0 Å². The summed E-state index contributed by atoms with van der Waals surface area (Å²) in [5.74, 6) is -0.355. The number of ether oxygens (including phenoxy) is 1. The minimum absolute atomic E-state index is 0.0359. The maximum absolute atomic E-state index is 12.4. The zero-order chi connectivity index (χ0) is 24.3. The van der Waals surface area contributed by atoms with Gasteiger partial charge in [0.05, 0.1) is 16.9 Å². The molecule has 1 aromatic carbocycles. The van der Waals surface area contributed by atoms with E-state index in [9.17, 15) is 13.2 Å². The normalized spacial score (nSPS) is 14.8. The number of aromatic nitrogens is 1. The Morgan fingerprint density at radius 3 is 2.31 bits per heavy atom. The zero-order valence-electron chi connectivity index (χ0n) is 19.5. The summed E-state index contributed by atoms with van der Waals surface area (Å²) in [7, 11) is 2.10. The summed E-state index contributed by atoms with van der Waals surface area (Å²) in [6.45, 7) is 13.7. The van der Waals surface area contributed by atoms with Crippen molar-refractivity contribution >= 4 is 33.9 Å². The van der Waals surface area contributed by atoms with Gasteiger partial charge in [-0.2, -0.15) is 0 Å². The van der Waals surface area contributed by atoms with Gasteiger partial charge in [-0.15, -0.1) is 13.2 Å². The number of nitrogens with one attached hydrogen (secondary N) is 1. The number of rotatable bonds is 5. The lowest BCUT2D eigenvalue weighted by Gasteiger charge is -2.32. The number of likely N-dealkylation sites (N-methyl/N-ethyl adjacent to an activating group) is 1. The number of hydrogen-bond acceptors (Lipinski definition) is 6. The highest BCUT2D eigenvalue weighted by atomic mass is 35.5. The van der Waals surface area contributed by atoms with E-state index in [1.54, 1.807) is 0 Å². The lowest BCUT2D eigenvalue weighted by atomic mass is 10.1. The smallest absolute Gasteiger partial charge is 0.406 e. The van der Waals surface area contributed by atoms with Gasteiger partial charge in [0, 0.05) is 50.7 Å². The van der Waals surface area contributed by atoms with Gasteiger partial charge in [-0.05, 0) is 19.2 Å². The summed E-state index contributed by atoms with van der Waals surface area (Å²) in [5.41, 5.74) is 7.15. The molecule has 0 spiro atoms. The van der Waals surface area contributed by atoms with Crippen molar-refractivity contribution in [2.45, 2.75) is 40.5 Å². The molecule has 1 aliphatic rings. The van der Waals surface area contributed by atoms with Crippen molar-refractivity contribution in [2.24, 2.45) is 0 Å². The number of nitrogens with two attached hydrogens (primary N) is 1. The molecule has 1 saturated heterocycles. The van der Waals surface area contributed by atoms with Crippen LogP contribution >= 0.6 is 11.6 Å². The first-order chi connectivity index (χ1) is 15.1. The van der Waals surface area contributed by atoms with Crippen molar-refractivity contribution in [2.75, 3.05) is 57.4 Å². The summed E-state index contributed by atoms with van der Waals surface area (Å²) < 4.78 is 41.2. The van der Waals surface area contributed by atoms with Crippen molar-refractivity contribution in [1.82, 2.24) is 14.8 Å². The minimum Gasteiger partial charge on any atom is -0.406 e. The Morgan fingerprint density at radius 2 is 1.75 bits per heavy atom. The molecule has 182 valence electrons. The molecule has 1 aliphatic heterocycles. The molecule has 2 heterocycles. The third-order valence-corrected chi connectivity index (χ3v) is 4.80. The molecule has 10 heteroatoms. The SMILES string of the molecule is CC.CCC.CN1CCN(CCNc2c(N)c(Cl)nc3cc(OC(F)(F)F)ccc23)CC1. The number of hydrogen-bond donors (Lipinski definition) is 2. The second-order valence-corrected chi connectivity index (χ2v) is 7.55. The van der Waals surface area contributed by atoms with Crippen LogP contribution in [-0.2, 0) is 0 Å². The molecule has 0 aliphatic carbocycles. The summed E-state index contributed by atoms with van der Waals surface area (Å²) >= 11 is 6.07. The lowest BCUT2D eigenvalue weighted by Crippen LogP contribution is -2.45. The number of pyridine rings is 1. The summed E-state index contributed by atoms with van der Waals surface area (Å²) in [5, 5.41) is 3.88. The standard InChI is InChI=1S/C17H21ClF3N5O.C3H8.C2H6/c1-25-6-8-26(9-7-25)5-4-23-15-12-3-2-11(27-17(19,20)21)10-13(12)24-16(18)14(15)22;1-3-2;1-2/h2-3,10H,4-9,22H2,1H3,(H,23,24);3H2,1-2H3;1-2H3. The van der Waals surface area contributed by atoms with Gasteiger partial charge < -0.3 is 20.7 Å². The van der Waals surface area contributed by atoms with Crippen LogP contribution in [0.2, 0.25) is 5.15 Å². The molecular formula is C22H35ClF3N5O. The Balaban J connectivity index is 0.000000944. The first-order valence-electron chi connectivity index (χ1n) is 10.9. The maximum atomic E-state index is 12.4. The second kappa shape index (κ2) is 13.5. The number of anilines is 2. The topological polar surface area (TPSA) is 66.7 Å². The number of halogens is 4. The molecule has 0 saturated carbocycles. The summed E-state index contributed by atoms with van der Waals surface area (Å²) in [6.07, 6.45) is -3.52. The quantitative estimate of drug-likeness (QED) is 0.556. The van der Waals surface area contributed by atoms with Gasteiger partial charge in [-0.25, -0.2) is 4.98 Å². The molecule has 0 amide bonds. The number of alkyl halides is 3. The maximum Gasteiger partial charge on any atom is 0.573 e. The largest absolute Gasteiger partial charge is 0.573 e. The van der Waals surface area contributed by atoms with Crippen molar-refractivity contribution < 1.29 is 17.9 Å². The Labute approximate surface area is 193 Å². The first-order valence-corrected chi connectivity index (χ1v) is 11.3. The van der Waals surface area contributed by atoms with Crippen LogP contribution in [0.15, 0.2) is 18.2 Å². The summed E-state index contributed by atoms with van der Waals surface area (Å²) in [4.78, 5) is 8.68. The van der Waals surface area contributed by atoms with E-state index < -0.39 is 6.36 Å². The molecule has 0 radical (unpaired) electrons. The van der Waals surface area contributed by atoms with Crippen LogP contribution < -0.4 is 15.8 Å². The highest BCUT2D eigenvalue weighted by Crippen LogP contribution is 2.35. The molecule has 3 rings (SSSR count). The van der Waals surface area contributed by atoms with Gasteiger partial charge >= 0.3 is 6.36 Å². The lowest BCUT2D eigenvalue weighted by molar-refractivity contribution is -0.274. The molecule has 0 bridgehead atoms. The van der Waals surface area contributed by atoms with Gasteiger partial charge in [-0.1, -0.05) is 45.7 Å². The Hall–Kier alpha value is -1.97. The van der Waals surface area contributed by atoms with E-state index >= 15 is 0 Å². The van der Waals surface area contributed by atoms with Crippen LogP contribution in [-0.4, -0.2) is 67.5 Å². The highest BCUT2D eigenvalue weighted by Gasteiger charge is 2.31. The van der Waals surface area contributed by atoms with E-state index in [1.165, 1.54) is 24.6 Å². The fourth-order valence-corrected chi connectivity index (χ4v) is 3.21.